The van der Waals surface area contributed by atoms with Crippen molar-refractivity contribution >= 4 is 11.3 Å². The lowest BCUT2D eigenvalue weighted by atomic mass is 10.3. The Hall–Kier alpha value is -2.62. The van der Waals surface area contributed by atoms with Gasteiger partial charge in [0.15, 0.2) is 0 Å². The van der Waals surface area contributed by atoms with E-state index in [4.69, 9.17) is 0 Å². The van der Waals surface area contributed by atoms with Crippen LogP contribution in [0, 0.1) is 0 Å². The summed E-state index contributed by atoms with van der Waals surface area (Å²) >= 11 is 0. The van der Waals surface area contributed by atoms with Gasteiger partial charge in [0.05, 0.1) is 17.6 Å². The fourth-order valence-electron chi connectivity index (χ4n) is 2.28. The summed E-state index contributed by atoms with van der Waals surface area (Å²) in [5, 5.41) is 0. The number of imidazole rings is 2. The van der Waals surface area contributed by atoms with Gasteiger partial charge < -0.3 is 0 Å². The van der Waals surface area contributed by atoms with E-state index in [1.807, 2.05) is 55.1 Å². The molecular formula is C14H10N4. The molecule has 4 heterocycles. The molecule has 0 radical (unpaired) electrons. The molecule has 0 unspecified atom stereocenters. The summed E-state index contributed by atoms with van der Waals surface area (Å²) in [5.41, 5.74) is 4.04. The first-order valence-electron chi connectivity index (χ1n) is 5.78. The van der Waals surface area contributed by atoms with Gasteiger partial charge in [0.2, 0.25) is 0 Å². The minimum Gasteiger partial charge on any atom is -0.298 e. The van der Waals surface area contributed by atoms with Crippen LogP contribution in [0.15, 0.2) is 61.2 Å². The molecule has 0 saturated heterocycles. The minimum atomic E-state index is 0.943. The number of hydrogen-bond acceptors (Lipinski definition) is 2. The number of rotatable bonds is 1. The average molecular weight is 234 g/mol. The molecule has 0 aromatic carbocycles. The fraction of sp³-hybridized carbons (Fsp3) is 0. The highest BCUT2D eigenvalue weighted by Crippen LogP contribution is 2.21. The summed E-state index contributed by atoms with van der Waals surface area (Å²) in [4.78, 5) is 8.72. The van der Waals surface area contributed by atoms with Gasteiger partial charge in [-0.2, -0.15) is 0 Å². The molecule has 4 aromatic heterocycles. The molecule has 0 spiro atoms. The lowest BCUT2D eigenvalue weighted by Crippen LogP contribution is -1.93. The largest absolute Gasteiger partial charge is 0.298 e. The molecule has 0 aliphatic heterocycles. The monoisotopic (exact) mass is 234 g/mol. The second-order valence-electron chi connectivity index (χ2n) is 4.14. The Bertz CT molecular complexity index is 841. The van der Waals surface area contributed by atoms with Gasteiger partial charge in [-0.25, -0.2) is 9.97 Å². The van der Waals surface area contributed by atoms with Crippen LogP contribution in [0.25, 0.3) is 22.7 Å². The maximum atomic E-state index is 4.42. The van der Waals surface area contributed by atoms with Crippen LogP contribution in [0.5, 0.6) is 0 Å². The lowest BCUT2D eigenvalue weighted by Gasteiger charge is -2.04. The van der Waals surface area contributed by atoms with E-state index in [9.17, 15) is 0 Å². The van der Waals surface area contributed by atoms with Crippen LogP contribution in [-0.4, -0.2) is 18.8 Å². The first-order chi connectivity index (χ1) is 8.93. The third-order valence-corrected chi connectivity index (χ3v) is 3.11. The van der Waals surface area contributed by atoms with Crippen LogP contribution in [-0.2, 0) is 0 Å². The average Bonchev–Trinajstić information content (AvgIpc) is 3.05. The van der Waals surface area contributed by atoms with Crippen molar-refractivity contribution in [3.8, 4) is 11.4 Å². The maximum absolute atomic E-state index is 4.42. The van der Waals surface area contributed by atoms with E-state index in [0.29, 0.717) is 0 Å². The first-order valence-corrected chi connectivity index (χ1v) is 5.78. The Morgan fingerprint density at radius 1 is 0.722 bits per heavy atom. The molecule has 0 atom stereocenters. The van der Waals surface area contributed by atoms with Crippen molar-refractivity contribution in [2.45, 2.75) is 0 Å². The van der Waals surface area contributed by atoms with Gasteiger partial charge in [0.25, 0.3) is 0 Å². The number of fused-ring (bicyclic) bond motifs is 2. The second-order valence-corrected chi connectivity index (χ2v) is 4.14. The summed E-state index contributed by atoms with van der Waals surface area (Å²) in [5.74, 6) is 0. The van der Waals surface area contributed by atoms with Crippen LogP contribution in [0.4, 0.5) is 0 Å². The molecule has 0 amide bonds. The van der Waals surface area contributed by atoms with Crippen molar-refractivity contribution in [3.63, 3.8) is 0 Å². The standard InChI is InChI=1S/C14H10N4/c1-2-8-17-12(10-16-14(17)5-1)11-4-3-6-13-15-7-9-18(11)13/h1-10H. The van der Waals surface area contributed by atoms with Crippen LogP contribution >= 0.6 is 0 Å². The van der Waals surface area contributed by atoms with E-state index in [1.165, 1.54) is 0 Å². The Morgan fingerprint density at radius 2 is 1.56 bits per heavy atom. The highest BCUT2D eigenvalue weighted by Gasteiger charge is 2.08. The van der Waals surface area contributed by atoms with Crippen molar-refractivity contribution in [1.29, 1.82) is 0 Å². The zero-order valence-corrected chi connectivity index (χ0v) is 9.56. The first kappa shape index (κ1) is 9.41. The van der Waals surface area contributed by atoms with E-state index < -0.39 is 0 Å². The summed E-state index contributed by atoms with van der Waals surface area (Å²) in [6, 6.07) is 12.1. The van der Waals surface area contributed by atoms with Gasteiger partial charge in [-0.3, -0.25) is 8.80 Å². The van der Waals surface area contributed by atoms with Gasteiger partial charge in [-0.1, -0.05) is 12.1 Å². The molecule has 4 heteroatoms. The predicted octanol–water partition coefficient (Wildman–Crippen LogP) is 2.65. The molecule has 4 aromatic rings. The molecule has 86 valence electrons. The third-order valence-electron chi connectivity index (χ3n) is 3.11. The van der Waals surface area contributed by atoms with Gasteiger partial charge in [-0.05, 0) is 24.3 Å². The van der Waals surface area contributed by atoms with Gasteiger partial charge >= 0.3 is 0 Å². The van der Waals surface area contributed by atoms with Crippen LogP contribution in [0.2, 0.25) is 0 Å². The van der Waals surface area contributed by atoms with Crippen molar-refractivity contribution in [2.24, 2.45) is 0 Å². The van der Waals surface area contributed by atoms with Crippen LogP contribution in [0.3, 0.4) is 0 Å². The predicted molar refractivity (Wildman–Crippen MR) is 69.4 cm³/mol. The molecule has 4 rings (SSSR count). The Balaban J connectivity index is 2.10. The summed E-state index contributed by atoms with van der Waals surface area (Å²) in [7, 11) is 0. The summed E-state index contributed by atoms with van der Waals surface area (Å²) in [6.07, 6.45) is 7.69. The van der Waals surface area contributed by atoms with Crippen molar-refractivity contribution in [1.82, 2.24) is 18.8 Å². The molecule has 0 N–H and O–H groups in total. The van der Waals surface area contributed by atoms with E-state index >= 15 is 0 Å². The summed E-state index contributed by atoms with van der Waals surface area (Å²) in [6.45, 7) is 0. The topological polar surface area (TPSA) is 34.6 Å². The number of aromatic nitrogens is 4. The molecule has 0 aliphatic rings. The molecule has 18 heavy (non-hydrogen) atoms. The highest BCUT2D eigenvalue weighted by molar-refractivity contribution is 5.63. The molecule has 0 bridgehead atoms. The van der Waals surface area contributed by atoms with E-state index in [2.05, 4.69) is 24.8 Å². The van der Waals surface area contributed by atoms with Crippen molar-refractivity contribution in [3.05, 3.63) is 61.2 Å². The lowest BCUT2D eigenvalue weighted by molar-refractivity contribution is 1.13. The van der Waals surface area contributed by atoms with Gasteiger partial charge in [0.1, 0.15) is 11.3 Å². The number of nitrogens with zero attached hydrogens (tertiary/aromatic N) is 4. The Labute approximate surface area is 103 Å². The molecule has 0 aliphatic carbocycles. The van der Waals surface area contributed by atoms with Crippen LogP contribution in [0.1, 0.15) is 0 Å². The quantitative estimate of drug-likeness (QED) is 0.507. The Morgan fingerprint density at radius 3 is 2.56 bits per heavy atom. The van der Waals surface area contributed by atoms with Crippen molar-refractivity contribution in [2.75, 3.05) is 0 Å². The zero-order chi connectivity index (χ0) is 11.9. The SMILES string of the molecule is c1cc(-c2cnc3ccccn23)n2ccnc2c1. The van der Waals surface area contributed by atoms with E-state index in [1.54, 1.807) is 0 Å². The number of hydrogen-bond donors (Lipinski definition) is 0. The van der Waals surface area contributed by atoms with E-state index in [0.717, 1.165) is 22.7 Å². The van der Waals surface area contributed by atoms with E-state index in [-0.39, 0.29) is 0 Å². The zero-order valence-electron chi connectivity index (χ0n) is 9.56. The second kappa shape index (κ2) is 3.43. The third kappa shape index (κ3) is 1.20. The minimum absolute atomic E-state index is 0.943. The number of pyridine rings is 2. The molecule has 4 nitrogen and oxygen atoms in total. The van der Waals surface area contributed by atoms with Gasteiger partial charge in [-0.15, -0.1) is 0 Å². The molecule has 0 saturated carbocycles. The molecular weight excluding hydrogens is 224 g/mol. The Kier molecular flexibility index (Phi) is 1.80. The fourth-order valence-corrected chi connectivity index (χ4v) is 2.28. The van der Waals surface area contributed by atoms with Crippen molar-refractivity contribution < 1.29 is 0 Å². The maximum Gasteiger partial charge on any atom is 0.137 e. The summed E-state index contributed by atoms with van der Waals surface area (Å²) < 4.78 is 4.14. The molecule has 0 fully saturated rings. The van der Waals surface area contributed by atoms with Crippen LogP contribution < -0.4 is 0 Å². The smallest absolute Gasteiger partial charge is 0.137 e. The van der Waals surface area contributed by atoms with Gasteiger partial charge in [0, 0.05) is 18.6 Å². The highest BCUT2D eigenvalue weighted by atomic mass is 15.1. The normalized spacial score (nSPS) is 11.3.